The number of halogens is 1. The lowest BCUT2D eigenvalue weighted by molar-refractivity contribution is 0.317. The van der Waals surface area contributed by atoms with Crippen LogP contribution in [0.3, 0.4) is 0 Å². The van der Waals surface area contributed by atoms with Gasteiger partial charge in [-0.1, -0.05) is 37.6 Å². The Morgan fingerprint density at radius 2 is 2.29 bits per heavy atom. The van der Waals surface area contributed by atoms with Crippen molar-refractivity contribution in [1.82, 2.24) is 10.2 Å². The Morgan fingerprint density at radius 1 is 1.47 bits per heavy atom. The maximum atomic E-state index is 6.00. The first-order valence-corrected chi connectivity index (χ1v) is 6.74. The van der Waals surface area contributed by atoms with Crippen LogP contribution in [0.5, 0.6) is 0 Å². The Balaban J connectivity index is 1.85. The van der Waals surface area contributed by atoms with Crippen LogP contribution in [0.2, 0.25) is 5.02 Å². The fourth-order valence-corrected chi connectivity index (χ4v) is 2.69. The van der Waals surface area contributed by atoms with Crippen LogP contribution in [0.4, 0.5) is 0 Å². The Hall–Kier alpha value is -0.570. The van der Waals surface area contributed by atoms with Gasteiger partial charge in [-0.05, 0) is 24.1 Å². The van der Waals surface area contributed by atoms with Gasteiger partial charge in [0.25, 0.3) is 0 Å². The van der Waals surface area contributed by atoms with Crippen LogP contribution in [0, 0.1) is 0 Å². The van der Waals surface area contributed by atoms with Crippen molar-refractivity contribution in [2.24, 2.45) is 0 Å². The normalized spacial score (nSPS) is 21.3. The molecule has 3 heteroatoms. The van der Waals surface area contributed by atoms with Crippen LogP contribution in [0.1, 0.15) is 25.8 Å². The number of nitrogens with zero attached hydrogens (tertiary/aromatic N) is 1. The largest absolute Gasteiger partial charge is 0.310 e. The molecule has 1 N–H and O–H groups in total. The van der Waals surface area contributed by atoms with Crippen LogP contribution in [0.25, 0.3) is 0 Å². The number of benzene rings is 1. The third-order valence-corrected chi connectivity index (χ3v) is 3.37. The molecule has 94 valence electrons. The third-order valence-electron chi connectivity index (χ3n) is 3.14. The molecule has 2 nitrogen and oxygen atoms in total. The summed E-state index contributed by atoms with van der Waals surface area (Å²) in [7, 11) is 0. The van der Waals surface area contributed by atoms with Gasteiger partial charge in [-0.2, -0.15) is 0 Å². The van der Waals surface area contributed by atoms with E-state index < -0.39 is 0 Å². The number of nitrogens with one attached hydrogen (secondary N) is 1. The summed E-state index contributed by atoms with van der Waals surface area (Å²) in [5.74, 6) is 0. The monoisotopic (exact) mass is 252 g/mol. The van der Waals surface area contributed by atoms with Crippen LogP contribution in [-0.2, 0) is 6.54 Å². The lowest BCUT2D eigenvalue weighted by atomic mass is 10.2. The van der Waals surface area contributed by atoms with Crippen molar-refractivity contribution in [3.8, 4) is 0 Å². The van der Waals surface area contributed by atoms with Gasteiger partial charge in [0.1, 0.15) is 0 Å². The van der Waals surface area contributed by atoms with Crippen molar-refractivity contribution in [3.05, 3.63) is 34.9 Å². The minimum atomic E-state index is 0.575. The number of likely N-dealkylation sites (tertiary alicyclic amines) is 1. The van der Waals surface area contributed by atoms with Gasteiger partial charge in [0.15, 0.2) is 0 Å². The molecule has 1 aromatic carbocycles. The summed E-state index contributed by atoms with van der Waals surface area (Å²) < 4.78 is 0. The van der Waals surface area contributed by atoms with Gasteiger partial charge < -0.3 is 5.32 Å². The van der Waals surface area contributed by atoms with E-state index in [2.05, 4.69) is 36.2 Å². The molecular formula is C14H21ClN2. The van der Waals surface area contributed by atoms with Crippen LogP contribution >= 0.6 is 11.6 Å². The SMILES string of the molecule is CC(C)NC1CCN(Cc2cccc(Cl)c2)C1. The average Bonchev–Trinajstić information content (AvgIpc) is 2.64. The first-order valence-electron chi connectivity index (χ1n) is 6.36. The van der Waals surface area contributed by atoms with E-state index in [1.165, 1.54) is 18.5 Å². The van der Waals surface area contributed by atoms with Crippen molar-refractivity contribution < 1.29 is 0 Å². The second-order valence-corrected chi connectivity index (χ2v) is 5.61. The molecule has 1 saturated heterocycles. The molecule has 17 heavy (non-hydrogen) atoms. The van der Waals surface area contributed by atoms with Gasteiger partial charge in [0.05, 0.1) is 0 Å². The fraction of sp³-hybridized carbons (Fsp3) is 0.571. The van der Waals surface area contributed by atoms with Crippen LogP contribution < -0.4 is 5.32 Å². The first kappa shape index (κ1) is 12.9. The van der Waals surface area contributed by atoms with E-state index in [0.29, 0.717) is 12.1 Å². The summed E-state index contributed by atoms with van der Waals surface area (Å²) in [6.07, 6.45) is 1.25. The molecule has 1 aliphatic heterocycles. The zero-order valence-electron chi connectivity index (χ0n) is 10.6. The second kappa shape index (κ2) is 5.85. The molecule has 1 aliphatic rings. The highest BCUT2D eigenvalue weighted by Crippen LogP contribution is 2.16. The van der Waals surface area contributed by atoms with E-state index in [0.717, 1.165) is 18.1 Å². The van der Waals surface area contributed by atoms with Crippen molar-refractivity contribution in [1.29, 1.82) is 0 Å². The van der Waals surface area contributed by atoms with Gasteiger partial charge in [0, 0.05) is 36.7 Å². The predicted molar refractivity (Wildman–Crippen MR) is 73.4 cm³/mol. The van der Waals surface area contributed by atoms with Crippen molar-refractivity contribution in [3.63, 3.8) is 0 Å². The zero-order chi connectivity index (χ0) is 12.3. The summed E-state index contributed by atoms with van der Waals surface area (Å²) in [6, 6.07) is 9.38. The first-order chi connectivity index (χ1) is 8.13. The average molecular weight is 253 g/mol. The summed E-state index contributed by atoms with van der Waals surface area (Å²) in [4.78, 5) is 2.49. The maximum Gasteiger partial charge on any atom is 0.0409 e. The zero-order valence-corrected chi connectivity index (χ0v) is 11.4. The topological polar surface area (TPSA) is 15.3 Å². The second-order valence-electron chi connectivity index (χ2n) is 5.17. The Morgan fingerprint density at radius 3 is 3.00 bits per heavy atom. The third kappa shape index (κ3) is 3.98. The summed E-state index contributed by atoms with van der Waals surface area (Å²) in [5, 5.41) is 4.43. The van der Waals surface area contributed by atoms with Crippen molar-refractivity contribution in [2.75, 3.05) is 13.1 Å². The number of hydrogen-bond acceptors (Lipinski definition) is 2. The van der Waals surface area contributed by atoms with Gasteiger partial charge >= 0.3 is 0 Å². The summed E-state index contributed by atoms with van der Waals surface area (Å²) in [5.41, 5.74) is 1.31. The van der Waals surface area contributed by atoms with Gasteiger partial charge in [0.2, 0.25) is 0 Å². The van der Waals surface area contributed by atoms with E-state index in [1.54, 1.807) is 0 Å². The quantitative estimate of drug-likeness (QED) is 0.887. The van der Waals surface area contributed by atoms with Gasteiger partial charge in [-0.25, -0.2) is 0 Å². The standard InChI is InChI=1S/C14H21ClN2/c1-11(2)16-14-6-7-17(10-14)9-12-4-3-5-13(15)8-12/h3-5,8,11,14,16H,6-7,9-10H2,1-2H3. The van der Waals surface area contributed by atoms with E-state index in [4.69, 9.17) is 11.6 Å². The van der Waals surface area contributed by atoms with E-state index >= 15 is 0 Å². The molecule has 2 rings (SSSR count). The molecule has 0 bridgehead atoms. The molecule has 1 aromatic rings. The molecule has 0 aromatic heterocycles. The lowest BCUT2D eigenvalue weighted by Crippen LogP contribution is -2.36. The maximum absolute atomic E-state index is 6.00. The molecule has 1 atom stereocenters. The van der Waals surface area contributed by atoms with Crippen LogP contribution in [0.15, 0.2) is 24.3 Å². The predicted octanol–water partition coefficient (Wildman–Crippen LogP) is 2.91. The minimum absolute atomic E-state index is 0.575. The molecule has 1 fully saturated rings. The number of hydrogen-bond donors (Lipinski definition) is 1. The fourth-order valence-electron chi connectivity index (χ4n) is 2.48. The van der Waals surface area contributed by atoms with Crippen LogP contribution in [-0.4, -0.2) is 30.1 Å². The highest BCUT2D eigenvalue weighted by molar-refractivity contribution is 6.30. The molecule has 1 heterocycles. The molecule has 0 aliphatic carbocycles. The molecule has 1 unspecified atom stereocenters. The molecule has 0 radical (unpaired) electrons. The summed E-state index contributed by atoms with van der Waals surface area (Å²) >= 11 is 6.00. The lowest BCUT2D eigenvalue weighted by Gasteiger charge is -2.18. The van der Waals surface area contributed by atoms with E-state index in [1.807, 2.05) is 12.1 Å². The Labute approximate surface area is 109 Å². The van der Waals surface area contributed by atoms with E-state index in [-0.39, 0.29) is 0 Å². The molecule has 0 amide bonds. The minimum Gasteiger partial charge on any atom is -0.310 e. The van der Waals surface area contributed by atoms with Crippen molar-refractivity contribution in [2.45, 2.75) is 38.9 Å². The van der Waals surface area contributed by atoms with Gasteiger partial charge in [-0.3, -0.25) is 4.90 Å². The molecular weight excluding hydrogens is 232 g/mol. The number of rotatable bonds is 4. The van der Waals surface area contributed by atoms with Crippen molar-refractivity contribution >= 4 is 11.6 Å². The Kier molecular flexibility index (Phi) is 4.43. The summed E-state index contributed by atoms with van der Waals surface area (Å²) in [6.45, 7) is 7.75. The van der Waals surface area contributed by atoms with Gasteiger partial charge in [-0.15, -0.1) is 0 Å². The Bertz CT molecular complexity index is 365. The molecule has 0 saturated carbocycles. The highest BCUT2D eigenvalue weighted by Gasteiger charge is 2.22. The molecule has 0 spiro atoms. The highest BCUT2D eigenvalue weighted by atomic mass is 35.5. The smallest absolute Gasteiger partial charge is 0.0409 e. The van der Waals surface area contributed by atoms with E-state index in [9.17, 15) is 0 Å².